The predicted molar refractivity (Wildman–Crippen MR) is 91.3 cm³/mol. The lowest BCUT2D eigenvalue weighted by Crippen LogP contribution is -2.31. The SMILES string of the molecule is NC1(CNc2nccc(Nc3cccc(-n4nccn4)c3)n2)CC1. The van der Waals surface area contributed by atoms with Crippen molar-refractivity contribution in [3.05, 3.63) is 48.9 Å². The summed E-state index contributed by atoms with van der Waals surface area (Å²) in [6, 6.07) is 9.61. The molecule has 1 saturated carbocycles. The van der Waals surface area contributed by atoms with Crippen molar-refractivity contribution in [2.24, 2.45) is 5.73 Å². The van der Waals surface area contributed by atoms with E-state index in [1.165, 1.54) is 0 Å². The number of aromatic nitrogens is 5. The number of nitrogens with zero attached hydrogens (tertiary/aromatic N) is 5. The van der Waals surface area contributed by atoms with Crippen LogP contribution in [0, 0.1) is 0 Å². The smallest absolute Gasteiger partial charge is 0.224 e. The maximum atomic E-state index is 6.07. The average molecular weight is 322 g/mol. The first-order valence-corrected chi connectivity index (χ1v) is 7.80. The fourth-order valence-electron chi connectivity index (χ4n) is 2.31. The second-order valence-corrected chi connectivity index (χ2v) is 5.98. The van der Waals surface area contributed by atoms with Gasteiger partial charge in [-0.25, -0.2) is 4.98 Å². The Bertz CT molecular complexity index is 826. The van der Waals surface area contributed by atoms with Crippen molar-refractivity contribution in [3.63, 3.8) is 0 Å². The number of hydrogen-bond donors (Lipinski definition) is 3. The predicted octanol–water partition coefficient (Wildman–Crippen LogP) is 1.70. The number of nitrogens with two attached hydrogens (primary N) is 1. The molecule has 0 atom stereocenters. The van der Waals surface area contributed by atoms with Gasteiger partial charge in [0.2, 0.25) is 5.95 Å². The summed E-state index contributed by atoms with van der Waals surface area (Å²) in [5, 5.41) is 14.7. The van der Waals surface area contributed by atoms with Crippen molar-refractivity contribution in [2.75, 3.05) is 17.2 Å². The van der Waals surface area contributed by atoms with Crippen molar-refractivity contribution in [1.82, 2.24) is 25.0 Å². The third kappa shape index (κ3) is 3.33. The molecule has 2 aromatic heterocycles. The minimum Gasteiger partial charge on any atom is -0.352 e. The molecule has 0 amide bonds. The van der Waals surface area contributed by atoms with E-state index in [0.29, 0.717) is 18.3 Å². The monoisotopic (exact) mass is 322 g/mol. The maximum Gasteiger partial charge on any atom is 0.224 e. The van der Waals surface area contributed by atoms with Crippen LogP contribution in [0.25, 0.3) is 5.69 Å². The van der Waals surface area contributed by atoms with Gasteiger partial charge >= 0.3 is 0 Å². The first kappa shape index (κ1) is 14.6. The van der Waals surface area contributed by atoms with Crippen LogP contribution in [0.5, 0.6) is 0 Å². The van der Waals surface area contributed by atoms with Crippen molar-refractivity contribution in [3.8, 4) is 5.69 Å². The number of hydrogen-bond acceptors (Lipinski definition) is 7. The zero-order valence-electron chi connectivity index (χ0n) is 13.1. The van der Waals surface area contributed by atoms with Crippen LogP contribution < -0.4 is 16.4 Å². The molecular weight excluding hydrogens is 304 g/mol. The van der Waals surface area contributed by atoms with Crippen LogP contribution in [0.3, 0.4) is 0 Å². The van der Waals surface area contributed by atoms with Gasteiger partial charge in [0.15, 0.2) is 0 Å². The summed E-state index contributed by atoms with van der Waals surface area (Å²) in [6.07, 6.45) is 7.10. The second-order valence-electron chi connectivity index (χ2n) is 5.98. The van der Waals surface area contributed by atoms with Crippen LogP contribution in [0.2, 0.25) is 0 Å². The van der Waals surface area contributed by atoms with Crippen LogP contribution in [0.15, 0.2) is 48.9 Å². The minimum absolute atomic E-state index is 0.0854. The van der Waals surface area contributed by atoms with Crippen LogP contribution in [-0.2, 0) is 0 Å². The Morgan fingerprint density at radius 1 is 1.12 bits per heavy atom. The van der Waals surface area contributed by atoms with Gasteiger partial charge in [0.1, 0.15) is 5.82 Å². The van der Waals surface area contributed by atoms with E-state index >= 15 is 0 Å². The highest BCUT2D eigenvalue weighted by Gasteiger charge is 2.37. The standard InChI is InChI=1S/C16H18N8/c17-16(5-6-16)11-19-15-18-7-4-14(23-15)22-12-2-1-3-13(10-12)24-20-8-9-21-24/h1-4,7-10H,5-6,11,17H2,(H2,18,19,22,23). The number of nitrogens with one attached hydrogen (secondary N) is 2. The van der Waals surface area contributed by atoms with E-state index in [9.17, 15) is 0 Å². The van der Waals surface area contributed by atoms with Crippen molar-refractivity contribution < 1.29 is 0 Å². The van der Waals surface area contributed by atoms with Gasteiger partial charge in [-0.05, 0) is 37.1 Å². The summed E-state index contributed by atoms with van der Waals surface area (Å²) in [7, 11) is 0. The Morgan fingerprint density at radius 2 is 1.96 bits per heavy atom. The number of benzene rings is 1. The van der Waals surface area contributed by atoms with Gasteiger partial charge in [0.05, 0.1) is 18.1 Å². The summed E-state index contributed by atoms with van der Waals surface area (Å²) in [5.41, 5.74) is 7.75. The molecule has 4 N–H and O–H groups in total. The van der Waals surface area contributed by atoms with E-state index in [4.69, 9.17) is 5.73 Å². The summed E-state index contributed by atoms with van der Waals surface area (Å²) in [5.74, 6) is 1.28. The Morgan fingerprint density at radius 3 is 2.75 bits per heavy atom. The summed E-state index contributed by atoms with van der Waals surface area (Å²) < 4.78 is 0. The van der Waals surface area contributed by atoms with Crippen LogP contribution in [0.4, 0.5) is 17.5 Å². The van der Waals surface area contributed by atoms with Gasteiger partial charge in [-0.1, -0.05) is 6.07 Å². The zero-order chi connectivity index (χ0) is 16.4. The van der Waals surface area contributed by atoms with Gasteiger partial charge < -0.3 is 16.4 Å². The molecule has 3 aromatic rings. The van der Waals surface area contributed by atoms with Gasteiger partial charge in [0.25, 0.3) is 0 Å². The molecule has 1 aromatic carbocycles. The highest BCUT2D eigenvalue weighted by molar-refractivity contribution is 5.59. The van der Waals surface area contributed by atoms with Crippen molar-refractivity contribution in [1.29, 1.82) is 0 Å². The molecule has 0 bridgehead atoms. The number of rotatable bonds is 6. The van der Waals surface area contributed by atoms with Crippen molar-refractivity contribution in [2.45, 2.75) is 18.4 Å². The number of anilines is 3. The Kier molecular flexibility index (Phi) is 3.58. The fraction of sp³-hybridized carbons (Fsp3) is 0.250. The average Bonchev–Trinajstić information content (AvgIpc) is 3.11. The molecule has 2 heterocycles. The summed E-state index contributed by atoms with van der Waals surface area (Å²) >= 11 is 0. The lowest BCUT2D eigenvalue weighted by atomic mass is 10.3. The zero-order valence-corrected chi connectivity index (χ0v) is 13.1. The van der Waals surface area contributed by atoms with E-state index in [-0.39, 0.29) is 5.54 Å². The lowest BCUT2D eigenvalue weighted by Gasteiger charge is -2.11. The topological polar surface area (TPSA) is 107 Å². The Balaban J connectivity index is 1.48. The molecule has 0 radical (unpaired) electrons. The molecule has 1 aliphatic rings. The molecule has 0 spiro atoms. The van der Waals surface area contributed by atoms with Gasteiger partial charge in [0, 0.05) is 24.0 Å². The molecule has 24 heavy (non-hydrogen) atoms. The van der Waals surface area contributed by atoms with Gasteiger partial charge in [-0.15, -0.1) is 0 Å². The van der Waals surface area contributed by atoms with Crippen LogP contribution in [-0.4, -0.2) is 37.0 Å². The van der Waals surface area contributed by atoms with Crippen LogP contribution >= 0.6 is 0 Å². The maximum absolute atomic E-state index is 6.07. The molecule has 4 rings (SSSR count). The van der Waals surface area contributed by atoms with E-state index in [2.05, 4.69) is 30.8 Å². The molecule has 0 aliphatic heterocycles. The van der Waals surface area contributed by atoms with Gasteiger partial charge in [-0.2, -0.15) is 20.0 Å². The molecule has 1 aliphatic carbocycles. The van der Waals surface area contributed by atoms with Crippen LogP contribution in [0.1, 0.15) is 12.8 Å². The summed E-state index contributed by atoms with van der Waals surface area (Å²) in [4.78, 5) is 10.3. The van der Waals surface area contributed by atoms with E-state index in [1.54, 1.807) is 23.4 Å². The molecular formula is C16H18N8. The van der Waals surface area contributed by atoms with Gasteiger partial charge in [-0.3, -0.25) is 0 Å². The summed E-state index contributed by atoms with van der Waals surface area (Å²) in [6.45, 7) is 0.691. The molecule has 1 fully saturated rings. The fourth-order valence-corrected chi connectivity index (χ4v) is 2.31. The minimum atomic E-state index is -0.0854. The highest BCUT2D eigenvalue weighted by atomic mass is 15.5. The largest absolute Gasteiger partial charge is 0.352 e. The second kappa shape index (κ2) is 5.89. The Hall–Kier alpha value is -3.00. The van der Waals surface area contributed by atoms with E-state index in [1.807, 2.05) is 30.3 Å². The van der Waals surface area contributed by atoms with E-state index in [0.717, 1.165) is 24.2 Å². The molecule has 122 valence electrons. The normalized spacial score (nSPS) is 15.0. The molecule has 0 unspecified atom stereocenters. The highest BCUT2D eigenvalue weighted by Crippen LogP contribution is 2.31. The quantitative estimate of drug-likeness (QED) is 0.634. The third-order valence-electron chi connectivity index (χ3n) is 3.91. The Labute approximate surface area is 139 Å². The lowest BCUT2D eigenvalue weighted by molar-refractivity contribution is 0.709. The molecule has 8 nitrogen and oxygen atoms in total. The first-order valence-electron chi connectivity index (χ1n) is 7.80. The van der Waals surface area contributed by atoms with E-state index < -0.39 is 0 Å². The van der Waals surface area contributed by atoms with Crippen molar-refractivity contribution >= 4 is 17.5 Å². The third-order valence-corrected chi connectivity index (χ3v) is 3.91. The first-order chi connectivity index (χ1) is 11.7. The molecule has 8 heteroatoms. The molecule has 0 saturated heterocycles.